The van der Waals surface area contributed by atoms with Crippen molar-refractivity contribution in [3.05, 3.63) is 0 Å². The summed E-state index contributed by atoms with van der Waals surface area (Å²) in [6, 6.07) is 0. The van der Waals surface area contributed by atoms with E-state index in [4.69, 9.17) is 0 Å². The molecule has 22 heteroatoms. The smallest absolute Gasteiger partial charge is 0.550 e. The summed E-state index contributed by atoms with van der Waals surface area (Å²) in [5.74, 6) is -49.8. The fourth-order valence-electron chi connectivity index (χ4n) is 2.51. The molecule has 4 nitrogen and oxygen atoms in total. The van der Waals surface area contributed by atoms with E-state index in [0.717, 1.165) is 0 Å². The van der Waals surface area contributed by atoms with Crippen LogP contribution >= 0.6 is 0 Å². The molecule has 0 aliphatic rings. The molecule has 0 saturated carbocycles. The summed E-state index contributed by atoms with van der Waals surface area (Å²) < 4.78 is 209. The summed E-state index contributed by atoms with van der Waals surface area (Å²) in [6.45, 7) is 0. The van der Waals surface area contributed by atoms with Crippen molar-refractivity contribution in [1.82, 2.24) is 0 Å². The maximum atomic E-state index is 13.8. The zero-order valence-electron chi connectivity index (χ0n) is 17.5. The van der Waals surface area contributed by atoms with Crippen molar-refractivity contribution >= 4 is 11.9 Å². The SMILES string of the molecule is O=C([O-])CC(CC(F)(F)C(F)(F)C(F)(F)C(F)F)(CC(F)(F)C(F)(F)C(F)(F)C(F)F)C(=O)[O-].[Na+].[Na+]. The zero-order valence-corrected chi connectivity index (χ0v) is 21.5. The van der Waals surface area contributed by atoms with Crippen LogP contribution < -0.4 is 69.3 Å². The standard InChI is InChI=1S/C14H10F16O4.2Na/c15-5(16)11(23,24)13(27,28)9(19,20)2-8(7(33)34,1-4(31)32)3-10(21,22)14(29,30)12(25,26)6(17)18;;/h5-6H,1-3H2,(H,31,32)(H,33,34);;/q;2*+1/p-2. The number of carboxylic acids is 2. The van der Waals surface area contributed by atoms with E-state index in [1.54, 1.807) is 0 Å². The van der Waals surface area contributed by atoms with E-state index in [9.17, 15) is 90.0 Å². The Hall–Kier alpha value is -0.180. The number of alkyl halides is 16. The zero-order chi connectivity index (χ0) is 27.9. The van der Waals surface area contributed by atoms with E-state index in [-0.39, 0.29) is 59.1 Å². The average Bonchev–Trinajstić information content (AvgIpc) is 2.58. The Kier molecular flexibility index (Phi) is 13.8. The number of aliphatic carboxylic acids is 2. The molecule has 36 heavy (non-hydrogen) atoms. The Morgan fingerprint density at radius 2 is 0.833 bits per heavy atom. The second-order valence-corrected chi connectivity index (χ2v) is 6.88. The van der Waals surface area contributed by atoms with Crippen molar-refractivity contribution in [3.63, 3.8) is 0 Å². The third-order valence-electron chi connectivity index (χ3n) is 4.34. The molecule has 0 aromatic rings. The van der Waals surface area contributed by atoms with Gasteiger partial charge in [0.15, 0.2) is 0 Å². The molecule has 0 radical (unpaired) electrons. The van der Waals surface area contributed by atoms with Gasteiger partial charge in [0, 0.05) is 30.2 Å². The number of carbonyl (C=O) groups excluding carboxylic acids is 2. The van der Waals surface area contributed by atoms with Crippen LogP contribution in [0.3, 0.4) is 0 Å². The Morgan fingerprint density at radius 1 is 0.583 bits per heavy atom. The van der Waals surface area contributed by atoms with Crippen LogP contribution in [-0.4, -0.2) is 60.3 Å². The second kappa shape index (κ2) is 12.3. The molecule has 0 N–H and O–H groups in total. The Morgan fingerprint density at radius 3 is 1.00 bits per heavy atom. The van der Waals surface area contributed by atoms with Crippen LogP contribution in [0.1, 0.15) is 19.3 Å². The van der Waals surface area contributed by atoms with E-state index in [1.165, 1.54) is 0 Å². The summed E-state index contributed by atoms with van der Waals surface area (Å²) in [4.78, 5) is 21.7. The van der Waals surface area contributed by atoms with Gasteiger partial charge in [0.25, 0.3) is 0 Å². The summed E-state index contributed by atoms with van der Waals surface area (Å²) in [7, 11) is 0. The summed E-state index contributed by atoms with van der Waals surface area (Å²) in [5, 5.41) is 21.7. The van der Waals surface area contributed by atoms with E-state index >= 15 is 0 Å². The van der Waals surface area contributed by atoms with E-state index in [2.05, 4.69) is 0 Å². The van der Waals surface area contributed by atoms with Crippen LogP contribution in [0.4, 0.5) is 70.2 Å². The molecule has 0 aliphatic heterocycles. The molecule has 0 unspecified atom stereocenters. The van der Waals surface area contributed by atoms with Crippen molar-refractivity contribution in [2.45, 2.75) is 67.6 Å². The molecule has 0 saturated heterocycles. The molecular formula is C14H8F16Na2O4. The average molecular weight is 590 g/mol. The molecule has 0 spiro atoms. The van der Waals surface area contributed by atoms with Gasteiger partial charge >= 0.3 is 108 Å². The van der Waals surface area contributed by atoms with Crippen molar-refractivity contribution in [1.29, 1.82) is 0 Å². The van der Waals surface area contributed by atoms with Gasteiger partial charge in [-0.25, -0.2) is 17.6 Å². The van der Waals surface area contributed by atoms with Crippen LogP contribution in [0.5, 0.6) is 0 Å². The van der Waals surface area contributed by atoms with Crippen molar-refractivity contribution in [3.8, 4) is 0 Å². The molecule has 202 valence electrons. The van der Waals surface area contributed by atoms with Crippen molar-refractivity contribution in [2.24, 2.45) is 5.41 Å². The molecule has 0 bridgehead atoms. The Bertz CT molecular complexity index is 728. The number of rotatable bonds is 13. The minimum Gasteiger partial charge on any atom is -0.550 e. The van der Waals surface area contributed by atoms with Crippen LogP contribution in [0.2, 0.25) is 0 Å². The fourth-order valence-corrected chi connectivity index (χ4v) is 2.51. The van der Waals surface area contributed by atoms with Gasteiger partial charge in [-0.05, 0) is 6.42 Å². The normalized spacial score (nSPS) is 14.4. The maximum Gasteiger partial charge on any atom is 1.00 e. The van der Waals surface area contributed by atoms with Crippen LogP contribution in [0, 0.1) is 5.41 Å². The fraction of sp³-hybridized carbons (Fsp3) is 0.857. The molecule has 0 aromatic heterocycles. The quantitative estimate of drug-likeness (QED) is 0.169. The molecule has 0 amide bonds. The van der Waals surface area contributed by atoms with Crippen molar-refractivity contribution < 1.29 is 149 Å². The monoisotopic (exact) mass is 590 g/mol. The van der Waals surface area contributed by atoms with Gasteiger partial charge < -0.3 is 19.8 Å². The molecular weight excluding hydrogens is 582 g/mol. The van der Waals surface area contributed by atoms with E-state index in [1.807, 2.05) is 0 Å². The van der Waals surface area contributed by atoms with Crippen LogP contribution in [0.15, 0.2) is 0 Å². The van der Waals surface area contributed by atoms with E-state index < -0.39 is 85.0 Å². The van der Waals surface area contributed by atoms with Crippen molar-refractivity contribution in [2.75, 3.05) is 0 Å². The van der Waals surface area contributed by atoms with Gasteiger partial charge in [0.05, 0.1) is 0 Å². The number of carboxylic acid groups (broad SMARTS) is 2. The molecule has 0 heterocycles. The Balaban J connectivity index is -0.00000544. The number of carbonyl (C=O) groups is 2. The number of hydrogen-bond donors (Lipinski definition) is 0. The third-order valence-corrected chi connectivity index (χ3v) is 4.34. The molecule has 0 aromatic carbocycles. The first-order chi connectivity index (χ1) is 14.7. The van der Waals surface area contributed by atoms with Crippen LogP contribution in [0.25, 0.3) is 0 Å². The minimum atomic E-state index is -7.40. The minimum absolute atomic E-state index is 0. The van der Waals surface area contributed by atoms with Gasteiger partial charge in [0.2, 0.25) is 0 Å². The predicted molar refractivity (Wildman–Crippen MR) is 68.0 cm³/mol. The van der Waals surface area contributed by atoms with Gasteiger partial charge in [-0.3, -0.25) is 0 Å². The van der Waals surface area contributed by atoms with Crippen LogP contribution in [-0.2, 0) is 9.59 Å². The first-order valence-corrected chi connectivity index (χ1v) is 7.91. The maximum absolute atomic E-state index is 13.8. The third kappa shape index (κ3) is 7.26. The van der Waals surface area contributed by atoms with E-state index in [0.29, 0.717) is 0 Å². The number of halogens is 16. The van der Waals surface area contributed by atoms with Gasteiger partial charge in [0.1, 0.15) is 0 Å². The van der Waals surface area contributed by atoms with Gasteiger partial charge in [-0.15, -0.1) is 0 Å². The predicted octanol–water partition coefficient (Wildman–Crippen LogP) is -3.01. The molecule has 0 aliphatic carbocycles. The summed E-state index contributed by atoms with van der Waals surface area (Å²) in [5.41, 5.74) is -5.16. The summed E-state index contributed by atoms with van der Waals surface area (Å²) in [6.07, 6.45) is -22.2. The first-order valence-electron chi connectivity index (χ1n) is 7.91. The molecule has 0 rings (SSSR count). The molecule has 0 fully saturated rings. The second-order valence-electron chi connectivity index (χ2n) is 6.88. The van der Waals surface area contributed by atoms with Gasteiger partial charge in [-0.1, -0.05) is 0 Å². The largest absolute Gasteiger partial charge is 1.00 e. The molecule has 0 atom stereocenters. The number of hydrogen-bond acceptors (Lipinski definition) is 4. The first kappa shape index (κ1) is 40.3. The summed E-state index contributed by atoms with van der Waals surface area (Å²) >= 11 is 0. The van der Waals surface area contributed by atoms with Gasteiger partial charge in [-0.2, -0.15) is 52.7 Å². The Labute approximate surface area is 233 Å². The topological polar surface area (TPSA) is 80.3 Å².